The van der Waals surface area contributed by atoms with Gasteiger partial charge in [-0.2, -0.15) is 0 Å². The molecular weight excluding hydrogens is 266 g/mol. The zero-order valence-electron chi connectivity index (χ0n) is 12.5. The van der Waals surface area contributed by atoms with Gasteiger partial charge in [0.05, 0.1) is 11.2 Å². The quantitative estimate of drug-likeness (QED) is 0.896. The van der Waals surface area contributed by atoms with Crippen molar-refractivity contribution in [1.29, 1.82) is 0 Å². The number of carbonyl (C=O) groups is 1. The molecular formula is C16H23N3O2. The average molecular weight is 289 g/mol. The fourth-order valence-electron chi connectivity index (χ4n) is 3.55. The number of ether oxygens (including phenoxy) is 1. The van der Waals surface area contributed by atoms with Crippen molar-refractivity contribution < 1.29 is 9.53 Å². The summed E-state index contributed by atoms with van der Waals surface area (Å²) in [5.41, 5.74) is 0.671. The number of nitrogens with zero attached hydrogens (tertiary/aromatic N) is 1. The molecule has 2 aliphatic rings. The largest absolute Gasteiger partial charge is 0.375 e. The molecule has 2 N–H and O–H groups in total. The Labute approximate surface area is 125 Å². The van der Waals surface area contributed by atoms with Gasteiger partial charge >= 0.3 is 0 Å². The monoisotopic (exact) mass is 289 g/mol. The van der Waals surface area contributed by atoms with Crippen molar-refractivity contribution in [3.63, 3.8) is 0 Å². The number of hydrogen-bond acceptors (Lipinski definition) is 4. The Bertz CT molecular complexity index is 512. The molecule has 3 rings (SSSR count). The van der Waals surface area contributed by atoms with E-state index in [-0.39, 0.29) is 11.5 Å². The van der Waals surface area contributed by atoms with Gasteiger partial charge in [-0.3, -0.25) is 4.79 Å². The lowest BCUT2D eigenvalue weighted by atomic mass is 9.89. The Morgan fingerprint density at radius 1 is 1.43 bits per heavy atom. The summed E-state index contributed by atoms with van der Waals surface area (Å²) in [5.74, 6) is 0.574. The second kappa shape index (κ2) is 6.02. The van der Waals surface area contributed by atoms with Gasteiger partial charge in [0.15, 0.2) is 0 Å². The summed E-state index contributed by atoms with van der Waals surface area (Å²) in [6.07, 6.45) is 8.55. The Kier molecular flexibility index (Phi) is 4.10. The SMILES string of the molecule is CNC(=O)c1cccnc1N[C@H]1CCOC2(CCCC2)C1. The van der Waals surface area contributed by atoms with E-state index in [0.29, 0.717) is 17.4 Å². The minimum atomic E-state index is -0.103. The highest BCUT2D eigenvalue weighted by Crippen LogP contribution is 2.40. The van der Waals surface area contributed by atoms with Crippen LogP contribution in [0.3, 0.4) is 0 Å². The van der Waals surface area contributed by atoms with Crippen LogP contribution in [0.2, 0.25) is 0 Å². The molecule has 1 spiro atoms. The Balaban J connectivity index is 1.73. The topological polar surface area (TPSA) is 63.2 Å². The first-order valence-electron chi connectivity index (χ1n) is 7.80. The lowest BCUT2D eigenvalue weighted by Gasteiger charge is -2.38. The summed E-state index contributed by atoms with van der Waals surface area (Å²) in [7, 11) is 1.64. The van der Waals surface area contributed by atoms with Crippen LogP contribution in [0, 0.1) is 0 Å². The third-order valence-corrected chi connectivity index (χ3v) is 4.63. The molecule has 0 unspecified atom stereocenters. The lowest BCUT2D eigenvalue weighted by molar-refractivity contribution is -0.0767. The van der Waals surface area contributed by atoms with E-state index < -0.39 is 0 Å². The number of anilines is 1. The smallest absolute Gasteiger partial charge is 0.254 e. The number of pyridine rings is 1. The van der Waals surface area contributed by atoms with E-state index in [4.69, 9.17) is 4.74 Å². The van der Waals surface area contributed by atoms with Crippen LogP contribution >= 0.6 is 0 Å². The molecule has 0 aromatic carbocycles. The van der Waals surface area contributed by atoms with Crippen molar-refractivity contribution in [2.75, 3.05) is 19.0 Å². The second-order valence-corrected chi connectivity index (χ2v) is 6.05. The molecule has 2 fully saturated rings. The van der Waals surface area contributed by atoms with Gasteiger partial charge in [0.2, 0.25) is 0 Å². The highest BCUT2D eigenvalue weighted by molar-refractivity contribution is 5.98. The summed E-state index contributed by atoms with van der Waals surface area (Å²) in [6.45, 7) is 0.791. The molecule has 1 saturated heterocycles. The number of hydrogen-bond donors (Lipinski definition) is 2. The number of amides is 1. The van der Waals surface area contributed by atoms with Gasteiger partial charge in [0.25, 0.3) is 5.91 Å². The molecule has 1 aromatic rings. The molecule has 1 aliphatic carbocycles. The van der Waals surface area contributed by atoms with Crippen molar-refractivity contribution in [1.82, 2.24) is 10.3 Å². The van der Waals surface area contributed by atoms with Crippen LogP contribution in [0.5, 0.6) is 0 Å². The van der Waals surface area contributed by atoms with E-state index in [9.17, 15) is 4.79 Å². The zero-order valence-corrected chi connectivity index (χ0v) is 12.5. The summed E-state index contributed by atoms with van der Waals surface area (Å²) < 4.78 is 6.05. The predicted octanol–water partition coefficient (Wildman–Crippen LogP) is 2.34. The summed E-state index contributed by atoms with van der Waals surface area (Å²) in [6, 6.07) is 3.92. The molecule has 1 amide bonds. The van der Waals surface area contributed by atoms with Crippen LogP contribution in [0.1, 0.15) is 48.9 Å². The molecule has 5 heteroatoms. The fraction of sp³-hybridized carbons (Fsp3) is 0.625. The van der Waals surface area contributed by atoms with Crippen molar-refractivity contribution >= 4 is 11.7 Å². The maximum atomic E-state index is 11.9. The third-order valence-electron chi connectivity index (χ3n) is 4.63. The second-order valence-electron chi connectivity index (χ2n) is 6.05. The van der Waals surface area contributed by atoms with Crippen LogP contribution in [-0.4, -0.2) is 36.2 Å². The summed E-state index contributed by atoms with van der Waals surface area (Å²) in [4.78, 5) is 16.3. The van der Waals surface area contributed by atoms with E-state index in [1.165, 1.54) is 12.8 Å². The standard InChI is InChI=1S/C16H23N3O2/c1-17-15(20)13-5-4-9-18-14(13)19-12-6-10-21-16(11-12)7-2-3-8-16/h4-5,9,12H,2-3,6-8,10-11H2,1H3,(H,17,20)(H,18,19)/t12-/m0/s1. The maximum Gasteiger partial charge on any atom is 0.254 e. The maximum absolute atomic E-state index is 11.9. The van der Waals surface area contributed by atoms with Gasteiger partial charge in [0, 0.05) is 25.9 Å². The highest BCUT2D eigenvalue weighted by Gasteiger charge is 2.40. The van der Waals surface area contributed by atoms with Gasteiger partial charge in [0.1, 0.15) is 5.82 Å². The van der Waals surface area contributed by atoms with Gasteiger partial charge in [-0.25, -0.2) is 4.98 Å². The fourth-order valence-corrected chi connectivity index (χ4v) is 3.55. The Morgan fingerprint density at radius 3 is 3.00 bits per heavy atom. The Morgan fingerprint density at radius 2 is 2.24 bits per heavy atom. The molecule has 0 radical (unpaired) electrons. The summed E-state index contributed by atoms with van der Waals surface area (Å²) >= 11 is 0. The molecule has 114 valence electrons. The van der Waals surface area contributed by atoms with E-state index in [0.717, 1.165) is 32.3 Å². The van der Waals surface area contributed by atoms with Crippen molar-refractivity contribution in [2.45, 2.75) is 50.2 Å². The van der Waals surface area contributed by atoms with Crippen LogP contribution in [0.4, 0.5) is 5.82 Å². The number of nitrogens with one attached hydrogen (secondary N) is 2. The van der Waals surface area contributed by atoms with Crippen molar-refractivity contribution in [2.24, 2.45) is 0 Å². The number of rotatable bonds is 3. The first-order valence-corrected chi connectivity index (χ1v) is 7.80. The van der Waals surface area contributed by atoms with Gasteiger partial charge in [-0.1, -0.05) is 12.8 Å². The molecule has 21 heavy (non-hydrogen) atoms. The van der Waals surface area contributed by atoms with E-state index >= 15 is 0 Å². The molecule has 5 nitrogen and oxygen atoms in total. The first-order chi connectivity index (χ1) is 10.2. The lowest BCUT2D eigenvalue weighted by Crippen LogP contribution is -2.42. The molecule has 0 bridgehead atoms. The molecule has 2 heterocycles. The summed E-state index contributed by atoms with van der Waals surface area (Å²) in [5, 5.41) is 6.13. The molecule has 1 aromatic heterocycles. The first kappa shape index (κ1) is 14.3. The van der Waals surface area contributed by atoms with Crippen LogP contribution in [0.25, 0.3) is 0 Å². The number of carbonyl (C=O) groups excluding carboxylic acids is 1. The van der Waals surface area contributed by atoms with Crippen LogP contribution in [-0.2, 0) is 4.74 Å². The van der Waals surface area contributed by atoms with E-state index in [1.54, 1.807) is 25.4 Å². The minimum Gasteiger partial charge on any atom is -0.375 e. The normalized spacial score (nSPS) is 24.0. The molecule has 1 aliphatic heterocycles. The van der Waals surface area contributed by atoms with Crippen molar-refractivity contribution in [3.05, 3.63) is 23.9 Å². The molecule has 1 saturated carbocycles. The average Bonchev–Trinajstić information content (AvgIpc) is 2.95. The highest BCUT2D eigenvalue weighted by atomic mass is 16.5. The number of aromatic nitrogens is 1. The van der Waals surface area contributed by atoms with Gasteiger partial charge in [-0.15, -0.1) is 0 Å². The van der Waals surface area contributed by atoms with E-state index in [1.807, 2.05) is 0 Å². The Hall–Kier alpha value is -1.62. The molecule has 1 atom stereocenters. The zero-order chi connectivity index (χ0) is 14.7. The van der Waals surface area contributed by atoms with E-state index in [2.05, 4.69) is 15.6 Å². The minimum absolute atomic E-state index is 0.0673. The van der Waals surface area contributed by atoms with Gasteiger partial charge < -0.3 is 15.4 Å². The predicted molar refractivity (Wildman–Crippen MR) is 81.4 cm³/mol. The van der Waals surface area contributed by atoms with Gasteiger partial charge in [-0.05, 0) is 37.8 Å². The third kappa shape index (κ3) is 3.02. The van der Waals surface area contributed by atoms with Crippen LogP contribution < -0.4 is 10.6 Å². The van der Waals surface area contributed by atoms with Crippen molar-refractivity contribution in [3.8, 4) is 0 Å². The van der Waals surface area contributed by atoms with Crippen LogP contribution in [0.15, 0.2) is 18.3 Å².